The van der Waals surface area contributed by atoms with Gasteiger partial charge in [-0.1, -0.05) is 36.4 Å². The van der Waals surface area contributed by atoms with Crippen molar-refractivity contribution in [1.82, 2.24) is 24.9 Å². The van der Waals surface area contributed by atoms with Crippen molar-refractivity contribution in [2.75, 3.05) is 36.0 Å². The number of hydrogen-bond donors (Lipinski definition) is 1. The monoisotopic (exact) mass is 425 g/mol. The first-order chi connectivity index (χ1) is 15.8. The largest absolute Gasteiger partial charge is 0.353 e. The minimum atomic E-state index is -0.240. The van der Waals surface area contributed by atoms with Gasteiger partial charge >= 0.3 is 0 Å². The van der Waals surface area contributed by atoms with Gasteiger partial charge in [-0.15, -0.1) is 0 Å². The third-order valence-electron chi connectivity index (χ3n) is 5.98. The molecule has 7 nitrogen and oxygen atoms in total. The number of anilines is 2. The van der Waals surface area contributed by atoms with E-state index >= 15 is 0 Å². The molecule has 1 saturated heterocycles. The summed E-state index contributed by atoms with van der Waals surface area (Å²) in [4.78, 5) is 25.5. The van der Waals surface area contributed by atoms with Crippen LogP contribution < -0.4 is 9.80 Å². The first-order valence-electron chi connectivity index (χ1n) is 10.6. The van der Waals surface area contributed by atoms with Crippen LogP contribution in [0, 0.1) is 5.82 Å². The molecule has 1 aliphatic heterocycles. The van der Waals surface area contributed by atoms with Gasteiger partial charge in [0.15, 0.2) is 11.5 Å². The summed E-state index contributed by atoms with van der Waals surface area (Å²) in [5, 5.41) is 0.996. The van der Waals surface area contributed by atoms with E-state index < -0.39 is 0 Å². The predicted octanol–water partition coefficient (Wildman–Crippen LogP) is 4.03. The van der Waals surface area contributed by atoms with Crippen LogP contribution >= 0.6 is 0 Å². The molecule has 4 heterocycles. The Morgan fingerprint density at radius 1 is 0.781 bits per heavy atom. The minimum Gasteiger partial charge on any atom is -0.353 e. The Bertz CT molecular complexity index is 1420. The predicted molar refractivity (Wildman–Crippen MR) is 123 cm³/mol. The number of rotatable bonds is 3. The van der Waals surface area contributed by atoms with Crippen LogP contribution in [-0.4, -0.2) is 51.1 Å². The number of aromatic amines is 1. The number of benzene rings is 2. The number of para-hydroxylation sites is 1. The summed E-state index contributed by atoms with van der Waals surface area (Å²) in [7, 11) is 0. The van der Waals surface area contributed by atoms with E-state index in [1.165, 1.54) is 6.07 Å². The van der Waals surface area contributed by atoms with E-state index in [-0.39, 0.29) is 5.82 Å². The maximum absolute atomic E-state index is 14.5. The number of nitrogens with zero attached hydrogens (tertiary/aromatic N) is 6. The van der Waals surface area contributed by atoms with Crippen LogP contribution in [0.3, 0.4) is 0 Å². The zero-order valence-corrected chi connectivity index (χ0v) is 17.2. The number of pyridine rings is 1. The van der Waals surface area contributed by atoms with E-state index in [9.17, 15) is 4.39 Å². The second-order valence-electron chi connectivity index (χ2n) is 7.80. The van der Waals surface area contributed by atoms with Crippen molar-refractivity contribution in [3.8, 4) is 11.1 Å². The zero-order valence-electron chi connectivity index (χ0n) is 17.2. The maximum atomic E-state index is 14.5. The van der Waals surface area contributed by atoms with Crippen LogP contribution in [0.1, 0.15) is 0 Å². The summed E-state index contributed by atoms with van der Waals surface area (Å²) in [6.07, 6.45) is 3.20. The molecule has 8 heteroatoms. The second kappa shape index (κ2) is 7.56. The van der Waals surface area contributed by atoms with Crippen molar-refractivity contribution >= 4 is 33.7 Å². The van der Waals surface area contributed by atoms with Gasteiger partial charge in [-0.25, -0.2) is 24.3 Å². The molecule has 0 atom stereocenters. The number of fused-ring (bicyclic) bond motifs is 2. The van der Waals surface area contributed by atoms with Crippen molar-refractivity contribution in [3.05, 3.63) is 73.1 Å². The summed E-state index contributed by atoms with van der Waals surface area (Å²) in [5.74, 6) is 1.53. The highest BCUT2D eigenvalue weighted by Gasteiger charge is 2.22. The van der Waals surface area contributed by atoms with Gasteiger partial charge in [0, 0.05) is 42.7 Å². The number of piperazine rings is 1. The number of aromatic nitrogens is 5. The van der Waals surface area contributed by atoms with Crippen LogP contribution in [-0.2, 0) is 0 Å². The normalized spacial score (nSPS) is 14.4. The van der Waals surface area contributed by atoms with Crippen molar-refractivity contribution < 1.29 is 4.39 Å². The topological polar surface area (TPSA) is 73.8 Å². The summed E-state index contributed by atoms with van der Waals surface area (Å²) in [5.41, 5.74) is 3.73. The molecule has 6 rings (SSSR count). The maximum Gasteiger partial charge on any atom is 0.182 e. The molecule has 2 aromatic carbocycles. The van der Waals surface area contributed by atoms with Gasteiger partial charge in [-0.3, -0.25) is 0 Å². The molecule has 0 bridgehead atoms. The quantitative estimate of drug-likeness (QED) is 0.470. The third-order valence-corrected chi connectivity index (χ3v) is 5.98. The Morgan fingerprint density at radius 2 is 1.59 bits per heavy atom. The number of nitrogens with one attached hydrogen (secondary N) is 1. The van der Waals surface area contributed by atoms with Gasteiger partial charge in [0.05, 0.1) is 11.8 Å². The van der Waals surface area contributed by atoms with Gasteiger partial charge in [0.2, 0.25) is 0 Å². The first-order valence-corrected chi connectivity index (χ1v) is 10.6. The van der Waals surface area contributed by atoms with Crippen molar-refractivity contribution in [1.29, 1.82) is 0 Å². The summed E-state index contributed by atoms with van der Waals surface area (Å²) < 4.78 is 14.5. The molecule has 0 radical (unpaired) electrons. The van der Waals surface area contributed by atoms with Crippen molar-refractivity contribution in [2.45, 2.75) is 0 Å². The Labute approximate surface area is 183 Å². The second-order valence-corrected chi connectivity index (χ2v) is 7.80. The van der Waals surface area contributed by atoms with Gasteiger partial charge in [-0.05, 0) is 18.2 Å². The number of imidazole rings is 1. The lowest BCUT2D eigenvalue weighted by molar-refractivity contribution is 0.631. The molecular formula is C24H20FN7. The van der Waals surface area contributed by atoms with Crippen LogP contribution in [0.5, 0.6) is 0 Å². The van der Waals surface area contributed by atoms with E-state index in [0.717, 1.165) is 59.8 Å². The van der Waals surface area contributed by atoms with Crippen LogP contribution in [0.15, 0.2) is 67.3 Å². The molecule has 1 N–H and O–H groups in total. The average molecular weight is 425 g/mol. The molecule has 1 aliphatic rings. The van der Waals surface area contributed by atoms with E-state index in [0.29, 0.717) is 11.2 Å². The lowest BCUT2D eigenvalue weighted by Crippen LogP contribution is -2.47. The molecule has 32 heavy (non-hydrogen) atoms. The molecule has 0 spiro atoms. The molecule has 0 saturated carbocycles. The molecule has 3 aromatic heterocycles. The lowest BCUT2D eigenvalue weighted by atomic mass is 10.0. The van der Waals surface area contributed by atoms with Gasteiger partial charge in [-0.2, -0.15) is 0 Å². The van der Waals surface area contributed by atoms with Crippen LogP contribution in [0.2, 0.25) is 0 Å². The van der Waals surface area contributed by atoms with E-state index in [1.54, 1.807) is 24.8 Å². The number of halogens is 1. The van der Waals surface area contributed by atoms with Crippen LogP contribution in [0.25, 0.3) is 33.2 Å². The third kappa shape index (κ3) is 3.11. The Kier molecular flexibility index (Phi) is 4.41. The number of H-pyrrole nitrogens is 1. The molecule has 5 aromatic rings. The van der Waals surface area contributed by atoms with Crippen molar-refractivity contribution in [3.63, 3.8) is 0 Å². The van der Waals surface area contributed by atoms with E-state index in [4.69, 9.17) is 4.98 Å². The van der Waals surface area contributed by atoms with Gasteiger partial charge < -0.3 is 14.8 Å². The zero-order chi connectivity index (χ0) is 21.5. The van der Waals surface area contributed by atoms with Crippen LogP contribution in [0.4, 0.5) is 16.0 Å². The minimum absolute atomic E-state index is 0.240. The summed E-state index contributed by atoms with van der Waals surface area (Å²) in [6, 6.07) is 16.8. The summed E-state index contributed by atoms with van der Waals surface area (Å²) in [6.45, 7) is 3.22. The highest BCUT2D eigenvalue weighted by atomic mass is 19.1. The summed E-state index contributed by atoms with van der Waals surface area (Å²) >= 11 is 0. The SMILES string of the molecule is Fc1ccccc1-c1cccc2ccc(N3CCN(c4ncnc5nc[nH]c45)CC3)nc12. The average Bonchev–Trinajstić information content (AvgIpc) is 3.33. The Morgan fingerprint density at radius 3 is 2.47 bits per heavy atom. The smallest absolute Gasteiger partial charge is 0.182 e. The molecule has 0 unspecified atom stereocenters. The lowest BCUT2D eigenvalue weighted by Gasteiger charge is -2.36. The number of hydrogen-bond acceptors (Lipinski definition) is 6. The van der Waals surface area contributed by atoms with Gasteiger partial charge in [0.25, 0.3) is 0 Å². The highest BCUT2D eigenvalue weighted by Crippen LogP contribution is 2.31. The molecule has 158 valence electrons. The fourth-order valence-electron chi connectivity index (χ4n) is 4.35. The standard InChI is InChI=1S/C24H20FN7/c25-19-7-2-1-5-17(19)18-6-3-4-16-8-9-20(30-21(16)18)31-10-12-32(13-11-31)24-22-23(27-14-26-22)28-15-29-24/h1-9,14-15H,10-13H2,(H,26,27,28,29). The van der Waals surface area contributed by atoms with E-state index in [1.807, 2.05) is 30.3 Å². The first kappa shape index (κ1) is 18.7. The Balaban J connectivity index is 1.30. The molecule has 1 fully saturated rings. The molecule has 0 amide bonds. The van der Waals surface area contributed by atoms with Gasteiger partial charge in [0.1, 0.15) is 23.5 Å². The van der Waals surface area contributed by atoms with E-state index in [2.05, 4.69) is 35.8 Å². The highest BCUT2D eigenvalue weighted by molar-refractivity contribution is 5.94. The molecule has 0 aliphatic carbocycles. The van der Waals surface area contributed by atoms with Crippen molar-refractivity contribution in [2.24, 2.45) is 0 Å². The fraction of sp³-hybridized carbons (Fsp3) is 0.167. The molecular weight excluding hydrogens is 405 g/mol. The fourth-order valence-corrected chi connectivity index (χ4v) is 4.35. The Hall–Kier alpha value is -4.07.